The fraction of sp³-hybridized carbons (Fsp3) is 0.444. The molecule has 14 heavy (non-hydrogen) atoms. The SMILES string of the molecule is O=C(O)C1CNCCN1.c1ccsc1. The van der Waals surface area contributed by atoms with Gasteiger partial charge in [0.25, 0.3) is 0 Å². The van der Waals surface area contributed by atoms with Crippen LogP contribution in [0.5, 0.6) is 0 Å². The molecule has 0 saturated carbocycles. The molecule has 1 saturated heterocycles. The van der Waals surface area contributed by atoms with E-state index < -0.39 is 12.0 Å². The number of carboxylic acid groups (broad SMARTS) is 1. The van der Waals surface area contributed by atoms with Crippen molar-refractivity contribution in [3.05, 3.63) is 22.9 Å². The lowest BCUT2D eigenvalue weighted by Crippen LogP contribution is -2.52. The molecule has 1 aromatic heterocycles. The van der Waals surface area contributed by atoms with E-state index in [1.54, 1.807) is 11.3 Å². The smallest absolute Gasteiger partial charge is 0.322 e. The summed E-state index contributed by atoms with van der Waals surface area (Å²) in [5.41, 5.74) is 0. The first-order valence-corrected chi connectivity index (χ1v) is 5.39. The Labute approximate surface area is 87.0 Å². The average molecular weight is 214 g/mol. The highest BCUT2D eigenvalue weighted by molar-refractivity contribution is 7.07. The van der Waals surface area contributed by atoms with Crippen LogP contribution in [0.4, 0.5) is 0 Å². The Bertz CT molecular complexity index is 228. The van der Waals surface area contributed by atoms with Gasteiger partial charge in [-0.3, -0.25) is 4.79 Å². The number of hydrogen-bond acceptors (Lipinski definition) is 4. The molecule has 4 nitrogen and oxygen atoms in total. The molecule has 0 radical (unpaired) electrons. The molecule has 3 N–H and O–H groups in total. The van der Waals surface area contributed by atoms with Crippen LogP contribution in [0.25, 0.3) is 0 Å². The van der Waals surface area contributed by atoms with Crippen LogP contribution in [0.15, 0.2) is 22.9 Å². The van der Waals surface area contributed by atoms with Crippen LogP contribution in [-0.4, -0.2) is 36.8 Å². The van der Waals surface area contributed by atoms with Crippen LogP contribution in [0.3, 0.4) is 0 Å². The van der Waals surface area contributed by atoms with Crippen molar-refractivity contribution >= 4 is 17.3 Å². The molecule has 2 rings (SSSR count). The fourth-order valence-corrected chi connectivity index (χ4v) is 1.51. The largest absolute Gasteiger partial charge is 0.480 e. The summed E-state index contributed by atoms with van der Waals surface area (Å²) < 4.78 is 0. The summed E-state index contributed by atoms with van der Waals surface area (Å²) >= 11 is 1.71. The monoisotopic (exact) mass is 214 g/mol. The topological polar surface area (TPSA) is 61.4 Å². The zero-order valence-electron chi connectivity index (χ0n) is 7.77. The van der Waals surface area contributed by atoms with E-state index in [1.165, 1.54) is 0 Å². The molecule has 78 valence electrons. The maximum absolute atomic E-state index is 10.3. The van der Waals surface area contributed by atoms with Crippen LogP contribution in [0, 0.1) is 0 Å². The molecule has 5 heteroatoms. The predicted molar refractivity (Wildman–Crippen MR) is 56.6 cm³/mol. The summed E-state index contributed by atoms with van der Waals surface area (Å²) in [5, 5.41) is 18.3. The zero-order valence-corrected chi connectivity index (χ0v) is 8.59. The molecular formula is C9H14N2O2S. The highest BCUT2D eigenvalue weighted by Gasteiger charge is 2.18. The van der Waals surface area contributed by atoms with Gasteiger partial charge in [-0.1, -0.05) is 12.1 Å². The second-order valence-corrected chi connectivity index (χ2v) is 3.66. The maximum Gasteiger partial charge on any atom is 0.322 e. The van der Waals surface area contributed by atoms with Crippen molar-refractivity contribution in [2.75, 3.05) is 19.6 Å². The van der Waals surface area contributed by atoms with Gasteiger partial charge in [-0.25, -0.2) is 0 Å². The molecule has 1 aromatic rings. The molecule has 0 aromatic carbocycles. The number of aliphatic carboxylic acids is 1. The van der Waals surface area contributed by atoms with Crippen molar-refractivity contribution in [2.45, 2.75) is 6.04 Å². The van der Waals surface area contributed by atoms with E-state index in [0.29, 0.717) is 6.54 Å². The van der Waals surface area contributed by atoms with E-state index in [2.05, 4.69) is 10.6 Å². The molecule has 0 aliphatic carbocycles. The Morgan fingerprint density at radius 3 is 2.36 bits per heavy atom. The van der Waals surface area contributed by atoms with Crippen molar-refractivity contribution < 1.29 is 9.90 Å². The Kier molecular flexibility index (Phi) is 5.21. The van der Waals surface area contributed by atoms with E-state index in [0.717, 1.165) is 13.1 Å². The second-order valence-electron chi connectivity index (χ2n) is 2.84. The molecule has 1 fully saturated rings. The molecule has 1 atom stereocenters. The van der Waals surface area contributed by atoms with Crippen molar-refractivity contribution in [1.29, 1.82) is 0 Å². The van der Waals surface area contributed by atoms with Gasteiger partial charge >= 0.3 is 5.97 Å². The summed E-state index contributed by atoms with van der Waals surface area (Å²) in [6.07, 6.45) is 0. The van der Waals surface area contributed by atoms with Gasteiger partial charge in [0.05, 0.1) is 0 Å². The van der Waals surface area contributed by atoms with Gasteiger partial charge in [0.15, 0.2) is 0 Å². The number of carboxylic acids is 1. The van der Waals surface area contributed by atoms with Gasteiger partial charge in [0.1, 0.15) is 6.04 Å². The van der Waals surface area contributed by atoms with Crippen molar-refractivity contribution in [2.24, 2.45) is 0 Å². The minimum atomic E-state index is -0.776. The molecule has 0 amide bonds. The van der Waals surface area contributed by atoms with Crippen LogP contribution >= 0.6 is 11.3 Å². The van der Waals surface area contributed by atoms with Crippen LogP contribution in [0.1, 0.15) is 0 Å². The minimum absolute atomic E-state index is 0.390. The number of hydrogen-bond donors (Lipinski definition) is 3. The van der Waals surface area contributed by atoms with E-state index in [4.69, 9.17) is 5.11 Å². The maximum atomic E-state index is 10.3. The summed E-state index contributed by atoms with van der Waals surface area (Å²) in [6, 6.07) is 3.65. The summed E-state index contributed by atoms with van der Waals surface area (Å²) in [5.74, 6) is -0.776. The molecule has 0 bridgehead atoms. The highest BCUT2D eigenvalue weighted by Crippen LogP contribution is 1.91. The lowest BCUT2D eigenvalue weighted by molar-refractivity contribution is -0.139. The van der Waals surface area contributed by atoms with Crippen LogP contribution < -0.4 is 10.6 Å². The third-order valence-corrected chi connectivity index (χ3v) is 2.39. The number of rotatable bonds is 1. The lowest BCUT2D eigenvalue weighted by Gasteiger charge is -2.20. The van der Waals surface area contributed by atoms with Gasteiger partial charge in [0, 0.05) is 19.6 Å². The van der Waals surface area contributed by atoms with Crippen molar-refractivity contribution in [3.8, 4) is 0 Å². The van der Waals surface area contributed by atoms with Crippen LogP contribution in [0.2, 0.25) is 0 Å². The Morgan fingerprint density at radius 1 is 1.36 bits per heavy atom. The second kappa shape index (κ2) is 6.53. The third-order valence-electron chi connectivity index (χ3n) is 1.76. The molecule has 1 unspecified atom stereocenters. The third kappa shape index (κ3) is 4.36. The quantitative estimate of drug-likeness (QED) is 0.632. The number of thiophene rings is 1. The summed E-state index contributed by atoms with van der Waals surface area (Å²) in [6.45, 7) is 2.15. The molecule has 1 aliphatic heterocycles. The van der Waals surface area contributed by atoms with E-state index in [1.807, 2.05) is 22.9 Å². The first-order valence-electron chi connectivity index (χ1n) is 4.45. The zero-order chi connectivity index (χ0) is 10.2. The van der Waals surface area contributed by atoms with E-state index in [9.17, 15) is 4.79 Å². The Morgan fingerprint density at radius 2 is 2.07 bits per heavy atom. The van der Waals surface area contributed by atoms with Gasteiger partial charge in [0.2, 0.25) is 0 Å². The lowest BCUT2D eigenvalue weighted by atomic mass is 10.2. The average Bonchev–Trinajstić information content (AvgIpc) is 2.77. The van der Waals surface area contributed by atoms with E-state index >= 15 is 0 Å². The normalized spacial score (nSPS) is 20.7. The summed E-state index contributed by atoms with van der Waals surface area (Å²) in [7, 11) is 0. The Balaban J connectivity index is 0.000000165. The Hall–Kier alpha value is -0.910. The highest BCUT2D eigenvalue weighted by atomic mass is 32.1. The van der Waals surface area contributed by atoms with Gasteiger partial charge in [-0.2, -0.15) is 11.3 Å². The van der Waals surface area contributed by atoms with E-state index in [-0.39, 0.29) is 0 Å². The van der Waals surface area contributed by atoms with Gasteiger partial charge in [-0.05, 0) is 10.8 Å². The van der Waals surface area contributed by atoms with Gasteiger partial charge in [-0.15, -0.1) is 0 Å². The standard InChI is InChI=1S/C5H10N2O2.C4H4S/c8-5(9)4-3-6-1-2-7-4;1-2-4-5-3-1/h4,6-7H,1-3H2,(H,8,9);1-4H. The van der Waals surface area contributed by atoms with Crippen molar-refractivity contribution in [3.63, 3.8) is 0 Å². The molecule has 2 heterocycles. The fourth-order valence-electron chi connectivity index (χ4n) is 1.05. The molecule has 0 spiro atoms. The van der Waals surface area contributed by atoms with Crippen LogP contribution in [-0.2, 0) is 4.79 Å². The molecular weight excluding hydrogens is 200 g/mol. The van der Waals surface area contributed by atoms with Crippen molar-refractivity contribution in [1.82, 2.24) is 10.6 Å². The minimum Gasteiger partial charge on any atom is -0.480 e. The number of carbonyl (C=O) groups is 1. The summed E-state index contributed by atoms with van der Waals surface area (Å²) in [4.78, 5) is 10.3. The first kappa shape index (κ1) is 11.2. The predicted octanol–water partition coefficient (Wildman–Crippen LogP) is 0.381. The van der Waals surface area contributed by atoms with Gasteiger partial charge < -0.3 is 15.7 Å². The molecule has 1 aliphatic rings. The number of piperazine rings is 1. The first-order chi connectivity index (χ1) is 6.80. The number of nitrogens with one attached hydrogen (secondary N) is 2.